The Morgan fingerprint density at radius 1 is 1.25 bits per heavy atom. The molecule has 0 aromatic heterocycles. The van der Waals surface area contributed by atoms with E-state index in [1.807, 2.05) is 6.08 Å². The quantitative estimate of drug-likeness (QED) is 0.742. The molecule has 0 bridgehead atoms. The second-order valence-corrected chi connectivity index (χ2v) is 6.00. The first kappa shape index (κ1) is 16.5. The van der Waals surface area contributed by atoms with Crippen molar-refractivity contribution in [3.63, 3.8) is 0 Å². The first-order chi connectivity index (χ1) is 9.22. The minimum Gasteiger partial charge on any atom is -0.425 e. The standard InChI is InChI=1S/C16H25NO3/c1-10(2)7-16-15(11(3)4)8-14(20-13(6)19)9-17(16)12(5)18/h8-11,16H,7H2,1-6H3. The number of ether oxygens (including phenoxy) is 1. The van der Waals surface area contributed by atoms with Crippen LogP contribution in [0, 0.1) is 11.8 Å². The second-order valence-electron chi connectivity index (χ2n) is 6.00. The number of rotatable bonds is 4. The second kappa shape index (κ2) is 6.73. The molecule has 0 fully saturated rings. The Balaban J connectivity index is 3.16. The predicted octanol–water partition coefficient (Wildman–Crippen LogP) is 3.25. The first-order valence-corrected chi connectivity index (χ1v) is 7.13. The lowest BCUT2D eigenvalue weighted by Gasteiger charge is -2.36. The van der Waals surface area contributed by atoms with E-state index in [0.29, 0.717) is 17.6 Å². The summed E-state index contributed by atoms with van der Waals surface area (Å²) in [6, 6.07) is 0.0480. The highest BCUT2D eigenvalue weighted by Gasteiger charge is 2.30. The maximum absolute atomic E-state index is 11.9. The van der Waals surface area contributed by atoms with Gasteiger partial charge < -0.3 is 9.64 Å². The molecule has 4 heteroatoms. The van der Waals surface area contributed by atoms with Gasteiger partial charge in [0.05, 0.1) is 12.2 Å². The van der Waals surface area contributed by atoms with Gasteiger partial charge in [0.25, 0.3) is 0 Å². The third-order valence-electron chi connectivity index (χ3n) is 3.28. The molecule has 1 amide bonds. The summed E-state index contributed by atoms with van der Waals surface area (Å²) in [5.74, 6) is 0.803. The summed E-state index contributed by atoms with van der Waals surface area (Å²) in [5, 5.41) is 0. The van der Waals surface area contributed by atoms with Crippen LogP contribution in [-0.4, -0.2) is 22.8 Å². The number of carbonyl (C=O) groups excluding carboxylic acids is 2. The molecule has 0 radical (unpaired) electrons. The third-order valence-corrected chi connectivity index (χ3v) is 3.28. The zero-order valence-corrected chi connectivity index (χ0v) is 13.3. The molecular weight excluding hydrogens is 254 g/mol. The lowest BCUT2D eigenvalue weighted by molar-refractivity contribution is -0.137. The van der Waals surface area contributed by atoms with Crippen molar-refractivity contribution in [3.8, 4) is 0 Å². The van der Waals surface area contributed by atoms with Crippen LogP contribution in [0.3, 0.4) is 0 Å². The van der Waals surface area contributed by atoms with Crippen molar-refractivity contribution < 1.29 is 14.3 Å². The first-order valence-electron chi connectivity index (χ1n) is 7.13. The molecule has 4 nitrogen and oxygen atoms in total. The van der Waals surface area contributed by atoms with Crippen molar-refractivity contribution in [1.29, 1.82) is 0 Å². The largest absolute Gasteiger partial charge is 0.425 e. The molecule has 0 aromatic carbocycles. The van der Waals surface area contributed by atoms with Crippen molar-refractivity contribution >= 4 is 11.9 Å². The molecule has 0 N–H and O–H groups in total. The van der Waals surface area contributed by atoms with E-state index in [2.05, 4.69) is 27.7 Å². The molecule has 0 aliphatic carbocycles. The van der Waals surface area contributed by atoms with Crippen LogP contribution >= 0.6 is 0 Å². The zero-order chi connectivity index (χ0) is 15.4. The topological polar surface area (TPSA) is 46.6 Å². The molecular formula is C16H25NO3. The summed E-state index contributed by atoms with van der Waals surface area (Å²) in [6.07, 6.45) is 4.44. The molecule has 1 atom stereocenters. The van der Waals surface area contributed by atoms with Crippen molar-refractivity contribution in [2.75, 3.05) is 0 Å². The van der Waals surface area contributed by atoms with Crippen LogP contribution in [0.15, 0.2) is 23.6 Å². The van der Waals surface area contributed by atoms with Gasteiger partial charge in [0, 0.05) is 13.8 Å². The molecule has 1 aliphatic rings. The van der Waals surface area contributed by atoms with Gasteiger partial charge in [-0.15, -0.1) is 0 Å². The van der Waals surface area contributed by atoms with E-state index in [9.17, 15) is 9.59 Å². The Kier molecular flexibility index (Phi) is 5.54. The fourth-order valence-electron chi connectivity index (χ4n) is 2.47. The van der Waals surface area contributed by atoms with E-state index < -0.39 is 0 Å². The van der Waals surface area contributed by atoms with Crippen LogP contribution in [-0.2, 0) is 14.3 Å². The van der Waals surface area contributed by atoms with E-state index in [0.717, 1.165) is 12.0 Å². The minimum atomic E-state index is -0.374. The predicted molar refractivity (Wildman–Crippen MR) is 78.5 cm³/mol. The number of allylic oxidation sites excluding steroid dienone is 1. The van der Waals surface area contributed by atoms with Gasteiger partial charge in [-0.25, -0.2) is 0 Å². The maximum Gasteiger partial charge on any atom is 0.308 e. The number of esters is 1. The monoisotopic (exact) mass is 279 g/mol. The van der Waals surface area contributed by atoms with Crippen molar-refractivity contribution in [1.82, 2.24) is 4.90 Å². The third kappa shape index (κ3) is 4.22. The van der Waals surface area contributed by atoms with Gasteiger partial charge in [-0.05, 0) is 29.9 Å². The van der Waals surface area contributed by atoms with Crippen LogP contribution in [0.5, 0.6) is 0 Å². The van der Waals surface area contributed by atoms with Crippen molar-refractivity contribution in [2.24, 2.45) is 11.8 Å². The van der Waals surface area contributed by atoms with Crippen LogP contribution in [0.25, 0.3) is 0 Å². The molecule has 20 heavy (non-hydrogen) atoms. The SMILES string of the molecule is CC(=O)OC1=CN(C(C)=O)C(CC(C)C)C(C(C)C)=C1. The maximum atomic E-state index is 11.9. The number of hydrogen-bond donors (Lipinski definition) is 0. The average molecular weight is 279 g/mol. The lowest BCUT2D eigenvalue weighted by Crippen LogP contribution is -2.40. The van der Waals surface area contributed by atoms with Crippen molar-refractivity contribution in [2.45, 2.75) is 54.0 Å². The highest BCUT2D eigenvalue weighted by molar-refractivity contribution is 5.76. The Labute approximate surface area is 121 Å². The van der Waals surface area contributed by atoms with Crippen LogP contribution in [0.4, 0.5) is 0 Å². The summed E-state index contributed by atoms with van der Waals surface area (Å²) >= 11 is 0. The fourth-order valence-corrected chi connectivity index (χ4v) is 2.47. The molecule has 0 saturated heterocycles. The average Bonchev–Trinajstić information content (AvgIpc) is 2.28. The molecule has 112 valence electrons. The van der Waals surface area contributed by atoms with Crippen molar-refractivity contribution in [3.05, 3.63) is 23.6 Å². The van der Waals surface area contributed by atoms with Crippen LogP contribution in [0.2, 0.25) is 0 Å². The zero-order valence-electron chi connectivity index (χ0n) is 13.3. The number of amides is 1. The highest BCUT2D eigenvalue weighted by atomic mass is 16.5. The number of nitrogens with zero attached hydrogens (tertiary/aromatic N) is 1. The summed E-state index contributed by atoms with van der Waals surface area (Å²) in [6.45, 7) is 11.4. The highest BCUT2D eigenvalue weighted by Crippen LogP contribution is 2.31. The van der Waals surface area contributed by atoms with E-state index >= 15 is 0 Å². The number of hydrogen-bond acceptors (Lipinski definition) is 3. The summed E-state index contributed by atoms with van der Waals surface area (Å²) in [5.41, 5.74) is 1.13. The molecule has 1 unspecified atom stereocenters. The Morgan fingerprint density at radius 2 is 1.85 bits per heavy atom. The Morgan fingerprint density at radius 3 is 2.25 bits per heavy atom. The fraction of sp³-hybridized carbons (Fsp3) is 0.625. The van der Waals surface area contributed by atoms with Crippen LogP contribution in [0.1, 0.15) is 48.0 Å². The van der Waals surface area contributed by atoms with Gasteiger partial charge in [-0.3, -0.25) is 9.59 Å². The van der Waals surface area contributed by atoms with E-state index in [1.165, 1.54) is 6.92 Å². The van der Waals surface area contributed by atoms with Gasteiger partial charge in [0.15, 0.2) is 0 Å². The molecule has 0 saturated carbocycles. The lowest BCUT2D eigenvalue weighted by atomic mass is 9.87. The Hall–Kier alpha value is -1.58. The van der Waals surface area contributed by atoms with Crippen LogP contribution < -0.4 is 0 Å². The summed E-state index contributed by atoms with van der Waals surface area (Å²) in [7, 11) is 0. The van der Waals surface area contributed by atoms with E-state index in [4.69, 9.17) is 4.74 Å². The van der Waals surface area contributed by atoms with Gasteiger partial charge in [-0.2, -0.15) is 0 Å². The van der Waals surface area contributed by atoms with Gasteiger partial charge in [-0.1, -0.05) is 27.7 Å². The van der Waals surface area contributed by atoms with Gasteiger partial charge >= 0.3 is 5.97 Å². The molecule has 0 spiro atoms. The van der Waals surface area contributed by atoms with E-state index in [1.54, 1.807) is 18.0 Å². The van der Waals surface area contributed by atoms with Gasteiger partial charge in [0.1, 0.15) is 5.76 Å². The van der Waals surface area contributed by atoms with E-state index in [-0.39, 0.29) is 17.9 Å². The molecule has 1 aliphatic heterocycles. The summed E-state index contributed by atoms with van der Waals surface area (Å²) < 4.78 is 5.16. The van der Waals surface area contributed by atoms with Gasteiger partial charge in [0.2, 0.25) is 5.91 Å². The molecule has 1 heterocycles. The summed E-state index contributed by atoms with van der Waals surface area (Å²) in [4.78, 5) is 24.7. The number of carbonyl (C=O) groups is 2. The normalized spacial score (nSPS) is 19.0. The smallest absolute Gasteiger partial charge is 0.308 e. The molecule has 1 rings (SSSR count). The Bertz CT molecular complexity index is 447. The minimum absolute atomic E-state index is 0.0356. The molecule has 0 aromatic rings.